The molecule has 174 valence electrons. The number of nitrogens with one attached hydrogen (secondary N) is 1. The van der Waals surface area contributed by atoms with Crippen molar-refractivity contribution in [3.05, 3.63) is 98.7 Å². The first-order valence-electron chi connectivity index (χ1n) is 10.0. The molecule has 4 aromatic rings. The Labute approximate surface area is 207 Å². The molecule has 34 heavy (non-hydrogen) atoms. The third-order valence-corrected chi connectivity index (χ3v) is 6.76. The van der Waals surface area contributed by atoms with Gasteiger partial charge < -0.3 is 5.32 Å². The molecule has 0 bridgehead atoms. The van der Waals surface area contributed by atoms with Crippen LogP contribution < -0.4 is 5.32 Å². The summed E-state index contributed by atoms with van der Waals surface area (Å²) in [6.07, 6.45) is -5.24. The fraction of sp³-hybridized carbons (Fsp3) is 0.120. The smallest absolute Gasteiger partial charge is 0.377 e. The number of fused-ring (bicyclic) bond motifs is 1. The Balaban J connectivity index is 1.87. The van der Waals surface area contributed by atoms with Crippen LogP contribution in [0.4, 0.5) is 18.9 Å². The van der Waals surface area contributed by atoms with E-state index < -0.39 is 29.7 Å². The standard InChI is InChI=1S/C25H16Cl2F3NO2S/c26-16-8-10-18(19(27)13-16)22(31-17-9-7-14-4-1-2-5-15(14)12-17)21(24(33)25(28,29)30)23(32)20-6-3-11-34-20/h1-13,21-22,31H/t21-,22+/m0/s1. The molecule has 1 N–H and O–H groups in total. The molecular weight excluding hydrogens is 506 g/mol. The van der Waals surface area contributed by atoms with Gasteiger partial charge in [-0.05, 0) is 52.0 Å². The lowest BCUT2D eigenvalue weighted by Gasteiger charge is -2.29. The highest BCUT2D eigenvalue weighted by Gasteiger charge is 2.50. The highest BCUT2D eigenvalue weighted by molar-refractivity contribution is 7.12. The van der Waals surface area contributed by atoms with E-state index in [-0.39, 0.29) is 20.5 Å². The number of hydrogen-bond donors (Lipinski definition) is 1. The first-order valence-corrected chi connectivity index (χ1v) is 11.7. The van der Waals surface area contributed by atoms with Crippen molar-refractivity contribution in [3.63, 3.8) is 0 Å². The molecule has 4 rings (SSSR count). The summed E-state index contributed by atoms with van der Waals surface area (Å²) < 4.78 is 41.1. The number of carbonyl (C=O) groups is 2. The highest BCUT2D eigenvalue weighted by atomic mass is 35.5. The van der Waals surface area contributed by atoms with Crippen LogP contribution in [0.1, 0.15) is 21.3 Å². The lowest BCUT2D eigenvalue weighted by atomic mass is 9.84. The number of hydrogen-bond acceptors (Lipinski definition) is 4. The van der Waals surface area contributed by atoms with Crippen LogP contribution in [-0.4, -0.2) is 17.7 Å². The van der Waals surface area contributed by atoms with Crippen molar-refractivity contribution >= 4 is 62.6 Å². The van der Waals surface area contributed by atoms with Crippen molar-refractivity contribution in [2.24, 2.45) is 5.92 Å². The summed E-state index contributed by atoms with van der Waals surface area (Å²) in [4.78, 5) is 26.0. The van der Waals surface area contributed by atoms with E-state index in [1.54, 1.807) is 23.6 Å². The van der Waals surface area contributed by atoms with E-state index in [9.17, 15) is 22.8 Å². The first-order chi connectivity index (χ1) is 16.1. The summed E-state index contributed by atoms with van der Waals surface area (Å²) in [5.74, 6) is -5.21. The number of ketones is 2. The highest BCUT2D eigenvalue weighted by Crippen LogP contribution is 2.39. The summed E-state index contributed by atoms with van der Waals surface area (Å²) in [5.41, 5.74) is 0.570. The fourth-order valence-corrected chi connectivity index (χ4v) is 4.95. The molecule has 2 atom stereocenters. The van der Waals surface area contributed by atoms with Gasteiger partial charge >= 0.3 is 6.18 Å². The Morgan fingerprint density at radius 3 is 2.26 bits per heavy atom. The minimum atomic E-state index is -5.24. The summed E-state index contributed by atoms with van der Waals surface area (Å²) >= 11 is 13.3. The van der Waals surface area contributed by atoms with E-state index in [4.69, 9.17) is 23.2 Å². The number of rotatable bonds is 7. The Kier molecular flexibility index (Phi) is 6.98. The maximum absolute atomic E-state index is 13.7. The average molecular weight is 522 g/mol. The van der Waals surface area contributed by atoms with Gasteiger partial charge in [-0.25, -0.2) is 0 Å². The first kappa shape index (κ1) is 24.3. The Bertz CT molecular complexity index is 1360. The largest absolute Gasteiger partial charge is 0.450 e. The molecule has 0 radical (unpaired) electrons. The molecule has 9 heteroatoms. The van der Waals surface area contributed by atoms with Crippen LogP contribution in [0.2, 0.25) is 10.0 Å². The van der Waals surface area contributed by atoms with E-state index in [2.05, 4.69) is 5.32 Å². The van der Waals surface area contributed by atoms with Crippen molar-refractivity contribution < 1.29 is 22.8 Å². The van der Waals surface area contributed by atoms with Crippen LogP contribution in [0.25, 0.3) is 10.8 Å². The quantitative estimate of drug-likeness (QED) is 0.198. The second-order valence-corrected chi connectivity index (χ2v) is 9.32. The van der Waals surface area contributed by atoms with Gasteiger partial charge in [-0.3, -0.25) is 9.59 Å². The molecule has 3 nitrogen and oxygen atoms in total. The lowest BCUT2D eigenvalue weighted by molar-refractivity contribution is -0.174. The number of carbonyl (C=O) groups excluding carboxylic acids is 2. The number of thiophene rings is 1. The predicted octanol–water partition coefficient (Wildman–Crippen LogP) is 7.99. The third-order valence-electron chi connectivity index (χ3n) is 5.31. The molecule has 0 unspecified atom stereocenters. The van der Waals surface area contributed by atoms with Crippen molar-refractivity contribution in [2.75, 3.05) is 5.32 Å². The number of alkyl halides is 3. The monoisotopic (exact) mass is 521 g/mol. The van der Waals surface area contributed by atoms with Crippen molar-refractivity contribution in [1.29, 1.82) is 0 Å². The molecule has 0 spiro atoms. The second kappa shape index (κ2) is 9.78. The van der Waals surface area contributed by atoms with Gasteiger partial charge in [-0.2, -0.15) is 13.2 Å². The fourth-order valence-electron chi connectivity index (χ4n) is 3.72. The van der Waals surface area contributed by atoms with Crippen LogP contribution in [0.5, 0.6) is 0 Å². The van der Waals surface area contributed by atoms with Crippen molar-refractivity contribution in [2.45, 2.75) is 12.2 Å². The van der Waals surface area contributed by atoms with E-state index in [0.29, 0.717) is 5.69 Å². The van der Waals surface area contributed by atoms with Crippen molar-refractivity contribution in [1.82, 2.24) is 0 Å². The normalized spacial score (nSPS) is 13.4. The van der Waals surface area contributed by atoms with Crippen LogP contribution in [0.3, 0.4) is 0 Å². The van der Waals surface area contributed by atoms with Gasteiger partial charge in [0.2, 0.25) is 5.78 Å². The molecule has 1 heterocycles. The van der Waals surface area contributed by atoms with Crippen LogP contribution in [0.15, 0.2) is 78.2 Å². The maximum Gasteiger partial charge on any atom is 0.450 e. The third kappa shape index (κ3) is 5.12. The number of halogens is 5. The zero-order chi connectivity index (χ0) is 24.5. The van der Waals surface area contributed by atoms with Crippen LogP contribution in [0, 0.1) is 5.92 Å². The van der Waals surface area contributed by atoms with Gasteiger partial charge in [0.25, 0.3) is 0 Å². The molecule has 0 saturated heterocycles. The molecule has 0 saturated carbocycles. The van der Waals surface area contributed by atoms with Gasteiger partial charge in [-0.15, -0.1) is 11.3 Å². The van der Waals surface area contributed by atoms with Gasteiger partial charge in [-0.1, -0.05) is 65.7 Å². The summed E-state index contributed by atoms with van der Waals surface area (Å²) in [6, 6.07) is 18.4. The average Bonchev–Trinajstić information content (AvgIpc) is 3.33. The summed E-state index contributed by atoms with van der Waals surface area (Å²) in [6.45, 7) is 0. The molecule has 0 fully saturated rings. The molecule has 1 aromatic heterocycles. The van der Waals surface area contributed by atoms with Gasteiger partial charge in [0.15, 0.2) is 5.78 Å². The van der Waals surface area contributed by atoms with Crippen LogP contribution >= 0.6 is 34.5 Å². The van der Waals surface area contributed by atoms with Crippen molar-refractivity contribution in [3.8, 4) is 0 Å². The molecule has 3 aromatic carbocycles. The number of anilines is 1. The zero-order valence-corrected chi connectivity index (χ0v) is 19.6. The zero-order valence-electron chi connectivity index (χ0n) is 17.3. The Hall–Kier alpha value is -2.87. The lowest BCUT2D eigenvalue weighted by Crippen LogP contribution is -2.41. The molecule has 0 aliphatic heterocycles. The molecule has 0 aliphatic carbocycles. The van der Waals surface area contributed by atoms with Gasteiger partial charge in [0.05, 0.1) is 10.9 Å². The van der Waals surface area contributed by atoms with E-state index in [1.807, 2.05) is 24.3 Å². The number of Topliss-reactive ketones (excluding diaryl/α,β-unsaturated/α-hetero) is 2. The summed E-state index contributed by atoms with van der Waals surface area (Å²) in [7, 11) is 0. The minimum absolute atomic E-state index is 0.0322. The molecule has 0 amide bonds. The topological polar surface area (TPSA) is 46.2 Å². The summed E-state index contributed by atoms with van der Waals surface area (Å²) in [5, 5.41) is 6.59. The second-order valence-electron chi connectivity index (χ2n) is 7.53. The van der Waals surface area contributed by atoms with E-state index in [1.165, 1.54) is 30.3 Å². The molecule has 0 aliphatic rings. The minimum Gasteiger partial charge on any atom is -0.377 e. The Morgan fingerprint density at radius 1 is 0.882 bits per heavy atom. The molecular formula is C25H16Cl2F3NO2S. The Morgan fingerprint density at radius 2 is 1.62 bits per heavy atom. The predicted molar refractivity (Wildman–Crippen MR) is 130 cm³/mol. The van der Waals surface area contributed by atoms with Gasteiger partial charge in [0.1, 0.15) is 5.92 Å². The maximum atomic E-state index is 13.7. The SMILES string of the molecule is O=C(c1cccs1)[C@@H](C(=O)C(F)(F)F)[C@H](Nc1ccc2ccccc2c1)c1ccc(Cl)cc1Cl. The van der Waals surface area contributed by atoms with Crippen LogP contribution in [-0.2, 0) is 4.79 Å². The van der Waals surface area contributed by atoms with Gasteiger partial charge in [0, 0.05) is 15.7 Å². The van der Waals surface area contributed by atoms with E-state index in [0.717, 1.165) is 22.1 Å². The number of benzene rings is 3. The van der Waals surface area contributed by atoms with E-state index >= 15 is 0 Å².